The van der Waals surface area contributed by atoms with Crippen LogP contribution in [0.15, 0.2) is 132 Å². The maximum Gasteiger partial charge on any atom is 0.145 e. The number of hydrogen-bond donors (Lipinski definition) is 1. The molecule has 1 aliphatic rings. The zero-order valence-corrected chi connectivity index (χ0v) is 21.3. The molecule has 0 fully saturated rings. The fourth-order valence-corrected chi connectivity index (χ4v) is 6.98. The van der Waals surface area contributed by atoms with Crippen molar-refractivity contribution in [3.8, 4) is 17.1 Å². The van der Waals surface area contributed by atoms with E-state index < -0.39 is 0 Å². The second-order valence-corrected chi connectivity index (χ2v) is 10.8. The molecule has 4 heteroatoms. The third kappa shape index (κ3) is 3.27. The topological polar surface area (TPSA) is 29.9 Å². The van der Waals surface area contributed by atoms with Gasteiger partial charge in [0.25, 0.3) is 0 Å². The number of thioether (sulfide) groups is 1. The first-order valence-corrected chi connectivity index (χ1v) is 13.7. The third-order valence-electron chi connectivity index (χ3n) is 7.42. The van der Waals surface area contributed by atoms with E-state index in [-0.39, 0.29) is 5.37 Å². The van der Waals surface area contributed by atoms with E-state index in [1.807, 2.05) is 11.8 Å². The standard InChI is InChI=1S/C34H23N3S/c1-3-11-22(12-4-1)34-36-31-28-21-23(19-20-26(28)25-15-7-8-16-27(25)32(31)38-34)33-35-29-17-9-10-18-30(29)37(33)24-13-5-2-6-14-24/h1-21,34,36H. The Morgan fingerprint density at radius 3 is 2.16 bits per heavy atom. The van der Waals surface area contributed by atoms with Gasteiger partial charge in [-0.1, -0.05) is 109 Å². The lowest BCUT2D eigenvalue weighted by Crippen LogP contribution is -2.01. The van der Waals surface area contributed by atoms with Gasteiger partial charge in [0.15, 0.2) is 0 Å². The van der Waals surface area contributed by atoms with E-state index in [0.717, 1.165) is 28.1 Å². The second-order valence-electron chi connectivity index (χ2n) is 9.66. The molecule has 180 valence electrons. The fraction of sp³-hybridized carbons (Fsp3) is 0.0294. The van der Waals surface area contributed by atoms with Crippen molar-refractivity contribution >= 4 is 50.0 Å². The van der Waals surface area contributed by atoms with Crippen molar-refractivity contribution in [3.05, 3.63) is 133 Å². The molecular formula is C34H23N3S. The normalized spacial score (nSPS) is 14.7. The number of imidazole rings is 1. The van der Waals surface area contributed by atoms with E-state index in [9.17, 15) is 0 Å². The Hall–Kier alpha value is -4.54. The van der Waals surface area contributed by atoms with Gasteiger partial charge in [0, 0.05) is 21.5 Å². The number of nitrogens with one attached hydrogen (secondary N) is 1. The van der Waals surface area contributed by atoms with Gasteiger partial charge in [0.1, 0.15) is 11.2 Å². The third-order valence-corrected chi connectivity index (χ3v) is 8.71. The quantitative estimate of drug-likeness (QED) is 0.243. The molecule has 0 saturated carbocycles. The van der Waals surface area contributed by atoms with Crippen LogP contribution in [0.25, 0.3) is 49.7 Å². The molecule has 0 aliphatic carbocycles. The largest absolute Gasteiger partial charge is 0.368 e. The summed E-state index contributed by atoms with van der Waals surface area (Å²) < 4.78 is 2.27. The van der Waals surface area contributed by atoms with E-state index in [1.54, 1.807) is 0 Å². The minimum Gasteiger partial charge on any atom is -0.368 e. The highest BCUT2D eigenvalue weighted by Gasteiger charge is 2.28. The predicted molar refractivity (Wildman–Crippen MR) is 160 cm³/mol. The van der Waals surface area contributed by atoms with Crippen LogP contribution >= 0.6 is 11.8 Å². The second kappa shape index (κ2) is 8.51. The molecule has 7 aromatic rings. The zero-order valence-electron chi connectivity index (χ0n) is 20.5. The van der Waals surface area contributed by atoms with Gasteiger partial charge in [-0.2, -0.15) is 0 Å². The van der Waals surface area contributed by atoms with Crippen LogP contribution in [0.4, 0.5) is 5.69 Å². The van der Waals surface area contributed by atoms with E-state index in [1.165, 1.54) is 37.7 Å². The SMILES string of the molecule is c1ccc(C2Nc3c(c4ccccc4c4ccc(-c5nc6ccccc6n5-c5ccccc5)cc34)S2)cc1. The van der Waals surface area contributed by atoms with Crippen LogP contribution in [-0.4, -0.2) is 9.55 Å². The maximum absolute atomic E-state index is 5.12. The first kappa shape index (κ1) is 21.5. The van der Waals surface area contributed by atoms with Gasteiger partial charge in [0.05, 0.1) is 16.7 Å². The van der Waals surface area contributed by atoms with Gasteiger partial charge < -0.3 is 5.32 Å². The molecule has 0 saturated heterocycles. The highest BCUT2D eigenvalue weighted by Crippen LogP contribution is 2.53. The first-order valence-electron chi connectivity index (χ1n) is 12.8. The number of anilines is 1. The molecule has 1 N–H and O–H groups in total. The molecule has 6 aromatic carbocycles. The summed E-state index contributed by atoms with van der Waals surface area (Å²) in [5, 5.41) is 9.12. The average molecular weight is 506 g/mol. The number of fused-ring (bicyclic) bond motifs is 7. The molecule has 3 nitrogen and oxygen atoms in total. The summed E-state index contributed by atoms with van der Waals surface area (Å²) in [6.45, 7) is 0. The van der Waals surface area contributed by atoms with Crippen molar-refractivity contribution in [2.45, 2.75) is 10.3 Å². The number of rotatable bonds is 3. The Morgan fingerprint density at radius 2 is 1.32 bits per heavy atom. The lowest BCUT2D eigenvalue weighted by Gasteiger charge is -2.14. The highest BCUT2D eigenvalue weighted by atomic mass is 32.2. The van der Waals surface area contributed by atoms with Gasteiger partial charge in [-0.05, 0) is 52.1 Å². The number of para-hydroxylation sites is 3. The van der Waals surface area contributed by atoms with Crippen molar-refractivity contribution in [2.75, 3.05) is 5.32 Å². The Morgan fingerprint density at radius 1 is 0.632 bits per heavy atom. The van der Waals surface area contributed by atoms with Gasteiger partial charge >= 0.3 is 0 Å². The number of hydrogen-bond acceptors (Lipinski definition) is 3. The molecule has 1 aromatic heterocycles. The monoisotopic (exact) mass is 505 g/mol. The van der Waals surface area contributed by atoms with Crippen LogP contribution in [0.1, 0.15) is 10.9 Å². The molecule has 0 amide bonds. The molecule has 1 aliphatic heterocycles. The van der Waals surface area contributed by atoms with E-state index in [0.29, 0.717) is 0 Å². The van der Waals surface area contributed by atoms with Crippen LogP contribution in [-0.2, 0) is 0 Å². The van der Waals surface area contributed by atoms with Crippen LogP contribution in [0.5, 0.6) is 0 Å². The molecule has 1 atom stereocenters. The first-order chi connectivity index (χ1) is 18.8. The van der Waals surface area contributed by atoms with E-state index >= 15 is 0 Å². The molecule has 0 bridgehead atoms. The smallest absolute Gasteiger partial charge is 0.145 e. The summed E-state index contributed by atoms with van der Waals surface area (Å²) in [6, 6.07) is 45.2. The molecule has 1 unspecified atom stereocenters. The van der Waals surface area contributed by atoms with E-state index in [2.05, 4.69) is 137 Å². The van der Waals surface area contributed by atoms with E-state index in [4.69, 9.17) is 4.98 Å². The summed E-state index contributed by atoms with van der Waals surface area (Å²) in [5.41, 5.74) is 6.81. The minimum atomic E-state index is 0.178. The molecule has 8 rings (SSSR count). The van der Waals surface area contributed by atoms with Crippen LogP contribution < -0.4 is 5.32 Å². The average Bonchev–Trinajstić information content (AvgIpc) is 3.61. The molecule has 0 spiro atoms. The maximum atomic E-state index is 5.12. The number of aromatic nitrogens is 2. The Bertz CT molecular complexity index is 1980. The lowest BCUT2D eigenvalue weighted by molar-refractivity contribution is 1.10. The molecule has 38 heavy (non-hydrogen) atoms. The highest BCUT2D eigenvalue weighted by molar-refractivity contribution is 8.00. The Labute approximate surface area is 224 Å². The van der Waals surface area contributed by atoms with Gasteiger partial charge in [-0.25, -0.2) is 4.98 Å². The summed E-state index contributed by atoms with van der Waals surface area (Å²) >= 11 is 1.91. The van der Waals surface area contributed by atoms with Crippen LogP contribution in [0.3, 0.4) is 0 Å². The Kier molecular flexibility index (Phi) is 4.82. The molecule has 2 heterocycles. The zero-order chi connectivity index (χ0) is 25.1. The number of benzene rings is 6. The summed E-state index contributed by atoms with van der Waals surface area (Å²) in [4.78, 5) is 6.44. The van der Waals surface area contributed by atoms with Crippen molar-refractivity contribution < 1.29 is 0 Å². The lowest BCUT2D eigenvalue weighted by atomic mass is 9.98. The summed E-state index contributed by atoms with van der Waals surface area (Å²) in [7, 11) is 0. The van der Waals surface area contributed by atoms with Crippen molar-refractivity contribution in [1.82, 2.24) is 9.55 Å². The number of nitrogens with zero attached hydrogens (tertiary/aromatic N) is 2. The molecule has 0 radical (unpaired) electrons. The van der Waals surface area contributed by atoms with Gasteiger partial charge in [-0.15, -0.1) is 0 Å². The summed E-state index contributed by atoms with van der Waals surface area (Å²) in [5.74, 6) is 0.950. The van der Waals surface area contributed by atoms with Crippen molar-refractivity contribution in [2.24, 2.45) is 0 Å². The van der Waals surface area contributed by atoms with Crippen LogP contribution in [0, 0.1) is 0 Å². The Balaban J connectivity index is 1.38. The van der Waals surface area contributed by atoms with Crippen molar-refractivity contribution in [1.29, 1.82) is 0 Å². The summed E-state index contributed by atoms with van der Waals surface area (Å²) in [6.07, 6.45) is 0. The van der Waals surface area contributed by atoms with Crippen LogP contribution in [0.2, 0.25) is 0 Å². The minimum absolute atomic E-state index is 0.178. The van der Waals surface area contributed by atoms with Crippen molar-refractivity contribution in [3.63, 3.8) is 0 Å². The molecular weight excluding hydrogens is 482 g/mol. The van der Waals surface area contributed by atoms with Gasteiger partial charge in [0.2, 0.25) is 0 Å². The fourth-order valence-electron chi connectivity index (χ4n) is 5.68. The van der Waals surface area contributed by atoms with Gasteiger partial charge in [-0.3, -0.25) is 4.57 Å². The predicted octanol–water partition coefficient (Wildman–Crippen LogP) is 9.22.